The van der Waals surface area contributed by atoms with Crippen molar-refractivity contribution >= 4 is 21.8 Å². The Morgan fingerprint density at radius 1 is 1.53 bits per heavy atom. The summed E-state index contributed by atoms with van der Waals surface area (Å²) in [7, 11) is 0. The first kappa shape index (κ1) is 14.5. The van der Waals surface area contributed by atoms with Crippen molar-refractivity contribution in [1.29, 1.82) is 0 Å². The maximum atomic E-state index is 12.1. The molecule has 104 valence electrons. The van der Waals surface area contributed by atoms with Crippen molar-refractivity contribution in [2.75, 3.05) is 19.6 Å². The van der Waals surface area contributed by atoms with Gasteiger partial charge < -0.3 is 10.2 Å². The minimum atomic E-state index is -0.00274. The largest absolute Gasteiger partial charge is 0.349 e. The van der Waals surface area contributed by atoms with E-state index in [-0.39, 0.29) is 5.91 Å². The number of likely N-dealkylation sites (tertiary alicyclic amines) is 1. The molecule has 4 nitrogen and oxygen atoms in total. The van der Waals surface area contributed by atoms with E-state index in [0.717, 1.165) is 32.5 Å². The minimum Gasteiger partial charge on any atom is -0.349 e. The van der Waals surface area contributed by atoms with Gasteiger partial charge in [0.15, 0.2) is 0 Å². The van der Waals surface area contributed by atoms with E-state index >= 15 is 0 Å². The normalized spacial score (nSPS) is 17.4. The number of rotatable bonds is 4. The van der Waals surface area contributed by atoms with Gasteiger partial charge in [-0.25, -0.2) is 4.98 Å². The van der Waals surface area contributed by atoms with Crippen LogP contribution in [0.15, 0.2) is 22.9 Å². The van der Waals surface area contributed by atoms with Gasteiger partial charge in [0.05, 0.1) is 0 Å². The lowest BCUT2D eigenvalue weighted by molar-refractivity contribution is 0.0911. The third-order valence-electron chi connectivity index (χ3n) is 3.45. The quantitative estimate of drug-likeness (QED) is 0.865. The Bertz CT molecular complexity index is 430. The Morgan fingerprint density at radius 2 is 2.26 bits per heavy atom. The molecule has 0 atom stereocenters. The summed E-state index contributed by atoms with van der Waals surface area (Å²) in [5.74, 6) is -0.00274. The molecule has 1 fully saturated rings. The standard InChI is InChI=1S/C14H20BrN3O/c1-2-7-18-8-4-12(5-9-18)17-14(19)11-3-6-16-13(15)10-11/h3,6,10,12H,2,4-5,7-9H2,1H3,(H,17,19). The van der Waals surface area contributed by atoms with E-state index in [2.05, 4.69) is 38.1 Å². The van der Waals surface area contributed by atoms with Crippen molar-refractivity contribution in [3.05, 3.63) is 28.5 Å². The van der Waals surface area contributed by atoms with Crippen LogP contribution >= 0.6 is 15.9 Å². The molecule has 19 heavy (non-hydrogen) atoms. The number of halogens is 1. The number of nitrogens with one attached hydrogen (secondary N) is 1. The molecular weight excluding hydrogens is 306 g/mol. The highest BCUT2D eigenvalue weighted by Gasteiger charge is 2.20. The zero-order chi connectivity index (χ0) is 13.7. The monoisotopic (exact) mass is 325 g/mol. The van der Waals surface area contributed by atoms with Gasteiger partial charge in [-0.15, -0.1) is 0 Å². The number of piperidine rings is 1. The fourth-order valence-electron chi connectivity index (χ4n) is 2.43. The summed E-state index contributed by atoms with van der Waals surface area (Å²) >= 11 is 3.28. The lowest BCUT2D eigenvalue weighted by Crippen LogP contribution is -2.44. The summed E-state index contributed by atoms with van der Waals surface area (Å²) < 4.78 is 0.693. The van der Waals surface area contributed by atoms with Crippen LogP contribution in [0.2, 0.25) is 0 Å². The zero-order valence-corrected chi connectivity index (χ0v) is 12.8. The van der Waals surface area contributed by atoms with Gasteiger partial charge in [0.1, 0.15) is 4.60 Å². The van der Waals surface area contributed by atoms with Crippen LogP contribution in [0, 0.1) is 0 Å². The van der Waals surface area contributed by atoms with Gasteiger partial charge in [-0.2, -0.15) is 0 Å². The lowest BCUT2D eigenvalue weighted by atomic mass is 10.0. The van der Waals surface area contributed by atoms with Crippen LogP contribution in [-0.4, -0.2) is 41.5 Å². The lowest BCUT2D eigenvalue weighted by Gasteiger charge is -2.32. The number of hydrogen-bond donors (Lipinski definition) is 1. The molecular formula is C14H20BrN3O. The topological polar surface area (TPSA) is 45.2 Å². The molecule has 1 amide bonds. The maximum absolute atomic E-state index is 12.1. The Labute approximate surface area is 122 Å². The molecule has 0 saturated carbocycles. The van der Waals surface area contributed by atoms with Gasteiger partial charge >= 0.3 is 0 Å². The molecule has 1 saturated heterocycles. The first-order valence-corrected chi connectivity index (χ1v) is 7.63. The molecule has 1 N–H and O–H groups in total. The molecule has 0 radical (unpaired) electrons. The highest BCUT2D eigenvalue weighted by Crippen LogP contribution is 2.13. The van der Waals surface area contributed by atoms with Crippen LogP contribution < -0.4 is 5.32 Å². The molecule has 2 rings (SSSR count). The number of nitrogens with zero attached hydrogens (tertiary/aromatic N) is 2. The highest BCUT2D eigenvalue weighted by molar-refractivity contribution is 9.10. The van der Waals surface area contributed by atoms with E-state index in [1.807, 2.05) is 0 Å². The van der Waals surface area contributed by atoms with E-state index in [4.69, 9.17) is 0 Å². The first-order valence-electron chi connectivity index (χ1n) is 6.84. The van der Waals surface area contributed by atoms with E-state index in [0.29, 0.717) is 16.2 Å². The Hall–Kier alpha value is -0.940. The summed E-state index contributed by atoms with van der Waals surface area (Å²) in [6.45, 7) is 5.53. The van der Waals surface area contributed by atoms with Gasteiger partial charge in [0.25, 0.3) is 5.91 Å². The Morgan fingerprint density at radius 3 is 2.89 bits per heavy atom. The van der Waals surface area contributed by atoms with Gasteiger partial charge in [0, 0.05) is 30.9 Å². The average Bonchev–Trinajstić information content (AvgIpc) is 2.41. The van der Waals surface area contributed by atoms with Crippen LogP contribution in [0.4, 0.5) is 0 Å². The number of amides is 1. The van der Waals surface area contributed by atoms with Crippen molar-refractivity contribution in [3.8, 4) is 0 Å². The van der Waals surface area contributed by atoms with E-state index in [1.54, 1.807) is 18.3 Å². The van der Waals surface area contributed by atoms with Crippen molar-refractivity contribution in [3.63, 3.8) is 0 Å². The van der Waals surface area contributed by atoms with Gasteiger partial charge in [-0.05, 0) is 53.9 Å². The van der Waals surface area contributed by atoms with Crippen molar-refractivity contribution in [1.82, 2.24) is 15.2 Å². The second-order valence-corrected chi connectivity index (χ2v) is 5.77. The van der Waals surface area contributed by atoms with Crippen molar-refractivity contribution in [2.45, 2.75) is 32.2 Å². The van der Waals surface area contributed by atoms with Crippen LogP contribution in [0.3, 0.4) is 0 Å². The molecule has 0 aromatic carbocycles. The highest BCUT2D eigenvalue weighted by atomic mass is 79.9. The molecule has 1 aromatic heterocycles. The van der Waals surface area contributed by atoms with E-state index in [9.17, 15) is 4.79 Å². The summed E-state index contributed by atoms with van der Waals surface area (Å²) in [5, 5.41) is 3.11. The maximum Gasteiger partial charge on any atom is 0.251 e. The van der Waals surface area contributed by atoms with Gasteiger partial charge in [-0.1, -0.05) is 6.92 Å². The van der Waals surface area contributed by atoms with Crippen molar-refractivity contribution < 1.29 is 4.79 Å². The summed E-state index contributed by atoms with van der Waals surface area (Å²) in [5.41, 5.74) is 0.665. The average molecular weight is 326 g/mol. The number of aromatic nitrogens is 1. The summed E-state index contributed by atoms with van der Waals surface area (Å²) in [6.07, 6.45) is 4.92. The first-order chi connectivity index (χ1) is 9.19. The second kappa shape index (κ2) is 7.01. The van der Waals surface area contributed by atoms with Crippen LogP contribution in [0.25, 0.3) is 0 Å². The molecule has 2 heterocycles. The van der Waals surface area contributed by atoms with Crippen LogP contribution in [-0.2, 0) is 0 Å². The van der Waals surface area contributed by atoms with E-state index in [1.165, 1.54) is 6.42 Å². The number of pyridine rings is 1. The smallest absolute Gasteiger partial charge is 0.251 e. The Balaban J connectivity index is 1.84. The SMILES string of the molecule is CCCN1CCC(NC(=O)c2ccnc(Br)c2)CC1. The predicted octanol–water partition coefficient (Wildman–Crippen LogP) is 2.45. The van der Waals surface area contributed by atoms with E-state index < -0.39 is 0 Å². The van der Waals surface area contributed by atoms with Gasteiger partial charge in [0.2, 0.25) is 0 Å². The Kier molecular flexibility index (Phi) is 5.34. The molecule has 0 bridgehead atoms. The number of carbonyl (C=O) groups excluding carboxylic acids is 1. The van der Waals surface area contributed by atoms with Crippen molar-refractivity contribution in [2.24, 2.45) is 0 Å². The van der Waals surface area contributed by atoms with Crippen LogP contribution in [0.1, 0.15) is 36.5 Å². The third-order valence-corrected chi connectivity index (χ3v) is 3.89. The summed E-state index contributed by atoms with van der Waals surface area (Å²) in [4.78, 5) is 18.6. The zero-order valence-electron chi connectivity index (χ0n) is 11.2. The number of carbonyl (C=O) groups is 1. The fourth-order valence-corrected chi connectivity index (χ4v) is 2.79. The molecule has 0 aliphatic carbocycles. The second-order valence-electron chi connectivity index (χ2n) is 4.96. The molecule has 5 heteroatoms. The van der Waals surface area contributed by atoms with Gasteiger partial charge in [-0.3, -0.25) is 4.79 Å². The molecule has 0 spiro atoms. The third kappa shape index (κ3) is 4.28. The summed E-state index contributed by atoms with van der Waals surface area (Å²) in [6, 6.07) is 3.79. The predicted molar refractivity (Wildman–Crippen MR) is 79.2 cm³/mol. The fraction of sp³-hybridized carbons (Fsp3) is 0.571. The molecule has 1 aliphatic rings. The van der Waals surface area contributed by atoms with Crippen LogP contribution in [0.5, 0.6) is 0 Å². The molecule has 1 aliphatic heterocycles. The minimum absolute atomic E-state index is 0.00274. The molecule has 1 aromatic rings. The molecule has 0 unspecified atom stereocenters. The number of hydrogen-bond acceptors (Lipinski definition) is 3.